The number of hydrogen-bond donors (Lipinski definition) is 1. The lowest BCUT2D eigenvalue weighted by molar-refractivity contribution is -0.123. The summed E-state index contributed by atoms with van der Waals surface area (Å²) in [6.45, 7) is -0.129. The Bertz CT molecular complexity index is 533. The quantitative estimate of drug-likeness (QED) is 0.802. The molecule has 2 amide bonds. The van der Waals surface area contributed by atoms with Gasteiger partial charge in [-0.15, -0.1) is 0 Å². The molecular weight excluding hydrogens is 249 g/mol. The van der Waals surface area contributed by atoms with Gasteiger partial charge in [0.1, 0.15) is 0 Å². The minimum absolute atomic E-state index is 0.129. The maximum atomic E-state index is 13.5. The molecule has 1 atom stereocenters. The summed E-state index contributed by atoms with van der Waals surface area (Å²) in [5.41, 5.74) is 4.66. The van der Waals surface area contributed by atoms with Crippen molar-refractivity contribution in [3.63, 3.8) is 0 Å². The Morgan fingerprint density at radius 2 is 1.94 bits per heavy atom. The molecule has 1 aromatic carbocycles. The van der Waals surface area contributed by atoms with Crippen molar-refractivity contribution in [2.24, 2.45) is 11.7 Å². The maximum absolute atomic E-state index is 13.5. The number of nitrogens with two attached hydrogens (primary N) is 1. The molecule has 4 nitrogen and oxygen atoms in total. The summed E-state index contributed by atoms with van der Waals surface area (Å²) in [4.78, 5) is 23.4. The average Bonchev–Trinajstić information content (AvgIpc) is 2.69. The molecule has 0 saturated carbocycles. The SMILES string of the molecule is NC(=O)C1CC(=O)N(c2ccc(F)c(F)c2F)C1. The largest absolute Gasteiger partial charge is 0.369 e. The van der Waals surface area contributed by atoms with E-state index in [1.54, 1.807) is 0 Å². The number of nitrogens with zero attached hydrogens (tertiary/aromatic N) is 1. The molecule has 96 valence electrons. The molecule has 7 heteroatoms. The van der Waals surface area contributed by atoms with E-state index in [0.717, 1.165) is 17.0 Å². The molecule has 1 saturated heterocycles. The van der Waals surface area contributed by atoms with Crippen LogP contribution in [0.3, 0.4) is 0 Å². The number of amides is 2. The van der Waals surface area contributed by atoms with Crippen molar-refractivity contribution in [2.45, 2.75) is 6.42 Å². The van der Waals surface area contributed by atoms with Gasteiger partial charge in [0.25, 0.3) is 0 Å². The maximum Gasteiger partial charge on any atom is 0.227 e. The highest BCUT2D eigenvalue weighted by Crippen LogP contribution is 2.29. The fraction of sp³-hybridized carbons (Fsp3) is 0.273. The summed E-state index contributed by atoms with van der Waals surface area (Å²) in [5, 5.41) is 0. The van der Waals surface area contributed by atoms with Gasteiger partial charge in [0, 0.05) is 13.0 Å². The normalized spacial score (nSPS) is 19.4. The number of halogens is 3. The number of primary amides is 1. The van der Waals surface area contributed by atoms with Crippen LogP contribution in [0.1, 0.15) is 6.42 Å². The third-order valence-electron chi connectivity index (χ3n) is 2.83. The predicted octanol–water partition coefficient (Wildman–Crippen LogP) is 0.942. The Hall–Kier alpha value is -2.05. The van der Waals surface area contributed by atoms with Crippen LogP contribution in [-0.4, -0.2) is 18.4 Å². The van der Waals surface area contributed by atoms with Gasteiger partial charge in [0.05, 0.1) is 11.6 Å². The Balaban J connectivity index is 2.36. The molecule has 2 rings (SSSR count). The second-order valence-electron chi connectivity index (χ2n) is 4.00. The Kier molecular flexibility index (Phi) is 2.98. The van der Waals surface area contributed by atoms with E-state index < -0.39 is 35.2 Å². The van der Waals surface area contributed by atoms with Gasteiger partial charge in [-0.25, -0.2) is 13.2 Å². The zero-order chi connectivity index (χ0) is 13.4. The zero-order valence-corrected chi connectivity index (χ0v) is 9.12. The fourth-order valence-corrected chi connectivity index (χ4v) is 1.86. The lowest BCUT2D eigenvalue weighted by Crippen LogP contribution is -2.29. The van der Waals surface area contributed by atoms with Gasteiger partial charge in [0.2, 0.25) is 11.8 Å². The average molecular weight is 258 g/mol. The van der Waals surface area contributed by atoms with E-state index in [2.05, 4.69) is 0 Å². The first-order valence-corrected chi connectivity index (χ1v) is 5.15. The van der Waals surface area contributed by atoms with Crippen LogP contribution in [0.25, 0.3) is 0 Å². The highest BCUT2D eigenvalue weighted by Gasteiger charge is 2.35. The van der Waals surface area contributed by atoms with Crippen molar-refractivity contribution in [2.75, 3.05) is 11.4 Å². The van der Waals surface area contributed by atoms with Crippen LogP contribution in [0.5, 0.6) is 0 Å². The smallest absolute Gasteiger partial charge is 0.227 e. The molecule has 0 bridgehead atoms. The first-order chi connectivity index (χ1) is 8.41. The Labute approximate surface area is 100 Å². The van der Waals surface area contributed by atoms with Crippen molar-refractivity contribution in [3.8, 4) is 0 Å². The minimum Gasteiger partial charge on any atom is -0.369 e. The number of benzene rings is 1. The lowest BCUT2D eigenvalue weighted by atomic mass is 10.1. The third-order valence-corrected chi connectivity index (χ3v) is 2.83. The monoisotopic (exact) mass is 258 g/mol. The van der Waals surface area contributed by atoms with E-state index in [9.17, 15) is 22.8 Å². The summed E-state index contributed by atoms with van der Waals surface area (Å²) in [6, 6.07) is 1.67. The molecule has 0 spiro atoms. The first-order valence-electron chi connectivity index (χ1n) is 5.15. The molecule has 1 heterocycles. The van der Waals surface area contributed by atoms with Crippen molar-refractivity contribution >= 4 is 17.5 Å². The molecule has 0 aromatic heterocycles. The minimum atomic E-state index is -1.65. The van der Waals surface area contributed by atoms with Crippen molar-refractivity contribution in [1.82, 2.24) is 0 Å². The van der Waals surface area contributed by atoms with Crippen LogP contribution in [0.2, 0.25) is 0 Å². The fourth-order valence-electron chi connectivity index (χ4n) is 1.86. The third kappa shape index (κ3) is 1.92. The Morgan fingerprint density at radius 3 is 2.50 bits per heavy atom. The number of rotatable bonds is 2. The molecule has 1 aliphatic rings. The predicted molar refractivity (Wildman–Crippen MR) is 56.0 cm³/mol. The number of carbonyl (C=O) groups excluding carboxylic acids is 2. The van der Waals surface area contributed by atoms with E-state index >= 15 is 0 Å². The molecule has 1 unspecified atom stereocenters. The highest BCUT2D eigenvalue weighted by atomic mass is 19.2. The van der Waals surface area contributed by atoms with Crippen molar-refractivity contribution in [1.29, 1.82) is 0 Å². The Morgan fingerprint density at radius 1 is 1.28 bits per heavy atom. The molecule has 1 aromatic rings. The van der Waals surface area contributed by atoms with E-state index in [1.807, 2.05) is 0 Å². The van der Waals surface area contributed by atoms with Gasteiger partial charge in [0.15, 0.2) is 17.5 Å². The molecule has 0 radical (unpaired) electrons. The highest BCUT2D eigenvalue weighted by molar-refractivity contribution is 6.00. The second kappa shape index (κ2) is 4.32. The number of carbonyl (C=O) groups is 2. The number of anilines is 1. The lowest BCUT2D eigenvalue weighted by Gasteiger charge is -2.17. The summed E-state index contributed by atoms with van der Waals surface area (Å²) >= 11 is 0. The van der Waals surface area contributed by atoms with Crippen LogP contribution in [-0.2, 0) is 9.59 Å². The summed E-state index contributed by atoms with van der Waals surface area (Å²) in [6.07, 6.45) is -0.159. The van der Waals surface area contributed by atoms with Crippen molar-refractivity contribution in [3.05, 3.63) is 29.6 Å². The summed E-state index contributed by atoms with van der Waals surface area (Å²) in [7, 11) is 0. The van der Waals surface area contributed by atoms with Crippen LogP contribution in [0.15, 0.2) is 12.1 Å². The van der Waals surface area contributed by atoms with Gasteiger partial charge in [-0.2, -0.15) is 0 Å². The number of hydrogen-bond acceptors (Lipinski definition) is 2. The van der Waals surface area contributed by atoms with Crippen LogP contribution >= 0.6 is 0 Å². The van der Waals surface area contributed by atoms with E-state index in [4.69, 9.17) is 5.73 Å². The van der Waals surface area contributed by atoms with Gasteiger partial charge in [-0.3, -0.25) is 9.59 Å². The second-order valence-corrected chi connectivity index (χ2v) is 4.00. The van der Waals surface area contributed by atoms with Gasteiger partial charge in [-0.1, -0.05) is 0 Å². The van der Waals surface area contributed by atoms with Crippen LogP contribution in [0, 0.1) is 23.4 Å². The topological polar surface area (TPSA) is 63.4 Å². The van der Waals surface area contributed by atoms with Gasteiger partial charge < -0.3 is 10.6 Å². The summed E-state index contributed by atoms with van der Waals surface area (Å²) in [5.74, 6) is -6.42. The van der Waals surface area contributed by atoms with E-state index in [1.165, 1.54) is 0 Å². The first kappa shape index (κ1) is 12.4. The molecule has 1 aliphatic heterocycles. The van der Waals surface area contributed by atoms with E-state index in [-0.39, 0.29) is 18.7 Å². The van der Waals surface area contributed by atoms with Gasteiger partial charge in [-0.05, 0) is 12.1 Å². The zero-order valence-electron chi connectivity index (χ0n) is 9.12. The van der Waals surface area contributed by atoms with Gasteiger partial charge >= 0.3 is 0 Å². The van der Waals surface area contributed by atoms with Crippen molar-refractivity contribution < 1.29 is 22.8 Å². The molecule has 18 heavy (non-hydrogen) atoms. The van der Waals surface area contributed by atoms with Crippen LogP contribution < -0.4 is 10.6 Å². The molecule has 2 N–H and O–H groups in total. The summed E-state index contributed by atoms with van der Waals surface area (Å²) < 4.78 is 39.3. The molecule has 1 fully saturated rings. The standard InChI is InChI=1S/C11H9F3N2O2/c12-6-1-2-7(10(14)9(6)13)16-4-5(11(15)18)3-8(16)17/h1-2,5H,3-4H2,(H2,15,18). The van der Waals surface area contributed by atoms with E-state index in [0.29, 0.717) is 0 Å². The molecule has 0 aliphatic carbocycles. The molecular formula is C11H9F3N2O2. The van der Waals surface area contributed by atoms with Crippen LogP contribution in [0.4, 0.5) is 18.9 Å².